The van der Waals surface area contributed by atoms with Crippen molar-refractivity contribution >= 4 is 34.2 Å². The van der Waals surface area contributed by atoms with Gasteiger partial charge in [0.25, 0.3) is 5.91 Å². The molecule has 6 heteroatoms. The van der Waals surface area contributed by atoms with E-state index in [2.05, 4.69) is 22.1 Å². The van der Waals surface area contributed by atoms with E-state index in [0.29, 0.717) is 10.8 Å². The molecule has 0 fully saturated rings. The van der Waals surface area contributed by atoms with Crippen molar-refractivity contribution in [3.8, 4) is 0 Å². The first-order valence-electron chi connectivity index (χ1n) is 7.06. The van der Waals surface area contributed by atoms with Crippen molar-refractivity contribution < 1.29 is 4.79 Å². The maximum Gasteiger partial charge on any atom is 0.268 e. The normalized spacial score (nSPS) is 12.7. The summed E-state index contributed by atoms with van der Waals surface area (Å²) in [5, 5.41) is 4.82. The topological polar surface area (TPSA) is 50.2 Å². The highest BCUT2D eigenvalue weighted by Crippen LogP contribution is 2.26. The lowest BCUT2D eigenvalue weighted by Crippen LogP contribution is -2.25. The SMILES string of the molecule is CC(N(C)C)n1c(NC(=O)c2cccs2)nc2ccccc21. The molecule has 5 nitrogen and oxygen atoms in total. The zero-order chi connectivity index (χ0) is 15.7. The summed E-state index contributed by atoms with van der Waals surface area (Å²) in [6.45, 7) is 2.08. The molecule has 1 N–H and O–H groups in total. The molecular formula is C16H18N4OS. The molecule has 1 aromatic carbocycles. The van der Waals surface area contributed by atoms with Crippen LogP contribution in [0.5, 0.6) is 0 Å². The molecule has 22 heavy (non-hydrogen) atoms. The molecule has 1 atom stereocenters. The van der Waals surface area contributed by atoms with E-state index >= 15 is 0 Å². The van der Waals surface area contributed by atoms with E-state index in [9.17, 15) is 4.79 Å². The average Bonchev–Trinajstić information content (AvgIpc) is 3.13. The molecule has 1 amide bonds. The predicted octanol–water partition coefficient (Wildman–Crippen LogP) is 3.43. The Balaban J connectivity index is 2.04. The standard InChI is InChI=1S/C16H18N4OS/c1-11(19(2)3)20-13-8-5-4-7-12(13)17-16(20)18-15(21)14-9-6-10-22-14/h4-11H,1-3H3,(H,17,18,21). The fourth-order valence-corrected chi connectivity index (χ4v) is 2.93. The number of amides is 1. The maximum absolute atomic E-state index is 12.3. The summed E-state index contributed by atoms with van der Waals surface area (Å²) in [5.74, 6) is 0.443. The average molecular weight is 314 g/mol. The minimum atomic E-state index is -0.127. The second-order valence-corrected chi connectivity index (χ2v) is 6.27. The Morgan fingerprint density at radius 1 is 1.27 bits per heavy atom. The summed E-state index contributed by atoms with van der Waals surface area (Å²) in [7, 11) is 4.01. The number of hydrogen-bond donors (Lipinski definition) is 1. The summed E-state index contributed by atoms with van der Waals surface area (Å²) in [6.07, 6.45) is 0.0750. The van der Waals surface area contributed by atoms with Gasteiger partial charge in [-0.25, -0.2) is 4.98 Å². The van der Waals surface area contributed by atoms with E-state index in [0.717, 1.165) is 11.0 Å². The number of nitrogens with zero attached hydrogens (tertiary/aromatic N) is 3. The van der Waals surface area contributed by atoms with Crippen LogP contribution in [0.2, 0.25) is 0 Å². The molecule has 2 aromatic heterocycles. The molecule has 114 valence electrons. The minimum Gasteiger partial charge on any atom is -0.294 e. The minimum absolute atomic E-state index is 0.0750. The summed E-state index contributed by atoms with van der Waals surface area (Å²) in [4.78, 5) is 19.7. The highest BCUT2D eigenvalue weighted by molar-refractivity contribution is 7.12. The van der Waals surface area contributed by atoms with Crippen molar-refractivity contribution in [2.45, 2.75) is 13.1 Å². The number of para-hydroxylation sites is 2. The number of rotatable bonds is 4. The molecule has 3 aromatic rings. The van der Waals surface area contributed by atoms with E-state index in [1.807, 2.05) is 60.4 Å². The van der Waals surface area contributed by atoms with Crippen LogP contribution in [-0.4, -0.2) is 34.5 Å². The molecule has 1 unspecified atom stereocenters. The van der Waals surface area contributed by atoms with E-state index in [1.165, 1.54) is 11.3 Å². The van der Waals surface area contributed by atoms with Crippen LogP contribution < -0.4 is 5.32 Å². The van der Waals surface area contributed by atoms with Crippen LogP contribution in [0.15, 0.2) is 41.8 Å². The fourth-order valence-electron chi connectivity index (χ4n) is 2.31. The predicted molar refractivity (Wildman–Crippen MR) is 90.4 cm³/mol. The van der Waals surface area contributed by atoms with Crippen molar-refractivity contribution in [1.82, 2.24) is 14.5 Å². The summed E-state index contributed by atoms with van der Waals surface area (Å²) >= 11 is 1.42. The zero-order valence-electron chi connectivity index (χ0n) is 12.8. The second-order valence-electron chi connectivity index (χ2n) is 5.32. The monoisotopic (exact) mass is 314 g/mol. The third kappa shape index (κ3) is 2.63. The number of aromatic nitrogens is 2. The van der Waals surface area contributed by atoms with Crippen molar-refractivity contribution in [2.75, 3.05) is 19.4 Å². The van der Waals surface area contributed by atoms with Crippen molar-refractivity contribution in [1.29, 1.82) is 0 Å². The summed E-state index contributed by atoms with van der Waals surface area (Å²) < 4.78 is 2.04. The van der Waals surface area contributed by atoms with Crippen LogP contribution in [0.4, 0.5) is 5.95 Å². The van der Waals surface area contributed by atoms with E-state index in [4.69, 9.17) is 0 Å². The molecular weight excluding hydrogens is 296 g/mol. The van der Waals surface area contributed by atoms with Crippen molar-refractivity contribution in [2.24, 2.45) is 0 Å². The van der Waals surface area contributed by atoms with Crippen molar-refractivity contribution in [3.05, 3.63) is 46.7 Å². The fraction of sp³-hybridized carbons (Fsp3) is 0.250. The first-order chi connectivity index (χ1) is 10.6. The second kappa shape index (κ2) is 5.90. The van der Waals surface area contributed by atoms with Gasteiger partial charge in [0.15, 0.2) is 0 Å². The van der Waals surface area contributed by atoms with E-state index in [-0.39, 0.29) is 12.1 Å². The van der Waals surface area contributed by atoms with Gasteiger partial charge in [0.2, 0.25) is 5.95 Å². The van der Waals surface area contributed by atoms with E-state index in [1.54, 1.807) is 0 Å². The lowest BCUT2D eigenvalue weighted by Gasteiger charge is -2.24. The Bertz CT molecular complexity index is 792. The van der Waals surface area contributed by atoms with Crippen molar-refractivity contribution in [3.63, 3.8) is 0 Å². The summed E-state index contributed by atoms with van der Waals surface area (Å²) in [5.41, 5.74) is 1.88. The number of hydrogen-bond acceptors (Lipinski definition) is 4. The van der Waals surface area contributed by atoms with Gasteiger partial charge in [-0.05, 0) is 44.6 Å². The number of imidazole rings is 1. The number of benzene rings is 1. The van der Waals surface area contributed by atoms with Gasteiger partial charge in [-0.15, -0.1) is 11.3 Å². The number of fused-ring (bicyclic) bond motifs is 1. The Labute approximate surface area is 133 Å². The third-order valence-corrected chi connectivity index (χ3v) is 4.56. The first kappa shape index (κ1) is 14.7. The number of nitrogens with one attached hydrogen (secondary N) is 1. The van der Waals surface area contributed by atoms with Gasteiger partial charge in [0.05, 0.1) is 22.1 Å². The third-order valence-electron chi connectivity index (χ3n) is 3.69. The van der Waals surface area contributed by atoms with E-state index < -0.39 is 0 Å². The molecule has 3 rings (SSSR count). The zero-order valence-corrected chi connectivity index (χ0v) is 13.6. The van der Waals surface area contributed by atoms with Gasteiger partial charge in [0, 0.05) is 0 Å². The highest BCUT2D eigenvalue weighted by atomic mass is 32.1. The van der Waals surface area contributed by atoms with Gasteiger partial charge in [-0.3, -0.25) is 19.6 Å². The molecule has 2 heterocycles. The molecule has 0 bridgehead atoms. The van der Waals surface area contributed by atoms with Gasteiger partial charge < -0.3 is 0 Å². The van der Waals surface area contributed by atoms with Gasteiger partial charge in [0.1, 0.15) is 0 Å². The van der Waals surface area contributed by atoms with Gasteiger partial charge in [-0.1, -0.05) is 18.2 Å². The Hall–Kier alpha value is -2.18. The van der Waals surface area contributed by atoms with Crippen LogP contribution in [0, 0.1) is 0 Å². The van der Waals surface area contributed by atoms with Gasteiger partial charge >= 0.3 is 0 Å². The molecule has 0 saturated carbocycles. The molecule has 0 radical (unpaired) electrons. The Morgan fingerprint density at radius 2 is 2.05 bits per heavy atom. The van der Waals surface area contributed by atoms with Crippen LogP contribution >= 0.6 is 11.3 Å². The number of anilines is 1. The summed E-state index contributed by atoms with van der Waals surface area (Å²) in [6, 6.07) is 11.6. The molecule has 0 aliphatic rings. The van der Waals surface area contributed by atoms with Crippen LogP contribution in [0.3, 0.4) is 0 Å². The lowest BCUT2D eigenvalue weighted by molar-refractivity contribution is 0.102. The molecule has 0 spiro atoms. The number of thiophene rings is 1. The smallest absolute Gasteiger partial charge is 0.268 e. The van der Waals surface area contributed by atoms with Crippen LogP contribution in [0.1, 0.15) is 22.8 Å². The largest absolute Gasteiger partial charge is 0.294 e. The van der Waals surface area contributed by atoms with Gasteiger partial charge in [-0.2, -0.15) is 0 Å². The Morgan fingerprint density at radius 3 is 2.73 bits per heavy atom. The molecule has 0 aliphatic carbocycles. The lowest BCUT2D eigenvalue weighted by atomic mass is 10.3. The maximum atomic E-state index is 12.3. The van der Waals surface area contributed by atoms with Crippen LogP contribution in [-0.2, 0) is 0 Å². The molecule has 0 saturated heterocycles. The number of carbonyl (C=O) groups excluding carboxylic acids is 1. The first-order valence-corrected chi connectivity index (χ1v) is 7.94. The Kier molecular flexibility index (Phi) is 3.96. The van der Waals surface area contributed by atoms with Crippen LogP contribution in [0.25, 0.3) is 11.0 Å². The molecule has 0 aliphatic heterocycles. The highest BCUT2D eigenvalue weighted by Gasteiger charge is 2.19. The quantitative estimate of drug-likeness (QED) is 0.802. The number of carbonyl (C=O) groups is 1.